The molecule has 0 spiro atoms. The number of amides is 1. The number of hydrogen-bond donors (Lipinski definition) is 0. The molecule has 23 heavy (non-hydrogen) atoms. The number of imidazole rings is 1. The summed E-state index contributed by atoms with van der Waals surface area (Å²) >= 11 is 6.21. The lowest BCUT2D eigenvalue weighted by molar-refractivity contribution is 0.0762. The number of hydrogen-bond acceptors (Lipinski definition) is 2. The number of halogens is 1. The first-order valence-electron chi connectivity index (χ1n) is 7.25. The molecule has 0 fully saturated rings. The second-order valence-electron chi connectivity index (χ2n) is 5.18. The molecule has 2 aromatic heterocycles. The second-order valence-corrected chi connectivity index (χ2v) is 5.58. The van der Waals surface area contributed by atoms with E-state index in [9.17, 15) is 4.79 Å². The van der Waals surface area contributed by atoms with Crippen LogP contribution in [-0.2, 0) is 6.54 Å². The minimum Gasteiger partial charge on any atom is -0.331 e. The summed E-state index contributed by atoms with van der Waals surface area (Å²) in [4.78, 5) is 18.7. The lowest BCUT2D eigenvalue weighted by Gasteiger charge is -2.22. The third kappa shape index (κ3) is 3.27. The van der Waals surface area contributed by atoms with Gasteiger partial charge >= 0.3 is 0 Å². The third-order valence-electron chi connectivity index (χ3n) is 3.59. The van der Waals surface area contributed by atoms with Crippen molar-refractivity contribution in [1.29, 1.82) is 0 Å². The normalized spacial score (nSPS) is 10.7. The Morgan fingerprint density at radius 2 is 2.13 bits per heavy atom. The van der Waals surface area contributed by atoms with Gasteiger partial charge in [0.05, 0.1) is 5.56 Å². The fourth-order valence-electron chi connectivity index (χ4n) is 2.44. The third-order valence-corrected chi connectivity index (χ3v) is 3.96. The monoisotopic (exact) mass is 325 g/mol. The minimum atomic E-state index is -0.0691. The van der Waals surface area contributed by atoms with Gasteiger partial charge in [0.1, 0.15) is 5.65 Å². The van der Waals surface area contributed by atoms with E-state index in [1.54, 1.807) is 29.4 Å². The molecule has 0 aliphatic rings. The molecule has 0 N–H and O–H groups in total. The first-order chi connectivity index (χ1) is 11.2. The molecular formula is C18H16ClN3O. The fourth-order valence-corrected chi connectivity index (χ4v) is 2.63. The van der Waals surface area contributed by atoms with Gasteiger partial charge < -0.3 is 9.30 Å². The molecule has 116 valence electrons. The Morgan fingerprint density at radius 1 is 1.30 bits per heavy atom. The zero-order valence-electron chi connectivity index (χ0n) is 12.5. The zero-order chi connectivity index (χ0) is 16.2. The molecule has 1 amide bonds. The van der Waals surface area contributed by atoms with Crippen LogP contribution in [0.1, 0.15) is 15.9 Å². The number of carbonyl (C=O) groups is 1. The number of carbonyl (C=O) groups excluding carboxylic acids is 1. The van der Waals surface area contributed by atoms with Crippen LogP contribution < -0.4 is 0 Å². The first-order valence-corrected chi connectivity index (χ1v) is 7.63. The Hall–Kier alpha value is -2.59. The van der Waals surface area contributed by atoms with Crippen LogP contribution in [-0.4, -0.2) is 26.7 Å². The van der Waals surface area contributed by atoms with Gasteiger partial charge in [-0.3, -0.25) is 4.79 Å². The first kappa shape index (κ1) is 15.3. The highest BCUT2D eigenvalue weighted by atomic mass is 35.5. The van der Waals surface area contributed by atoms with Crippen molar-refractivity contribution in [1.82, 2.24) is 14.3 Å². The lowest BCUT2D eigenvalue weighted by Crippen LogP contribution is -2.31. The van der Waals surface area contributed by atoms with E-state index < -0.39 is 0 Å². The van der Waals surface area contributed by atoms with Crippen molar-refractivity contribution >= 4 is 23.2 Å². The van der Waals surface area contributed by atoms with Gasteiger partial charge in [0.25, 0.3) is 5.91 Å². The molecule has 2 heterocycles. The number of aromatic nitrogens is 2. The van der Waals surface area contributed by atoms with Crippen molar-refractivity contribution in [2.45, 2.75) is 6.54 Å². The number of fused-ring (bicyclic) bond motifs is 1. The summed E-state index contributed by atoms with van der Waals surface area (Å²) in [7, 11) is 0. The van der Waals surface area contributed by atoms with E-state index in [1.165, 1.54) is 0 Å². The highest BCUT2D eigenvalue weighted by molar-refractivity contribution is 6.31. The molecule has 0 saturated heterocycles. The average Bonchev–Trinajstić information content (AvgIpc) is 3.03. The molecule has 0 unspecified atom stereocenters. The Kier molecular flexibility index (Phi) is 4.44. The van der Waals surface area contributed by atoms with E-state index in [1.807, 2.05) is 40.9 Å². The molecule has 3 aromatic rings. The molecule has 3 rings (SSSR count). The van der Waals surface area contributed by atoms with Crippen molar-refractivity contribution in [3.8, 4) is 0 Å². The van der Waals surface area contributed by atoms with Gasteiger partial charge in [0.2, 0.25) is 0 Å². The summed E-state index contributed by atoms with van der Waals surface area (Å²) in [6, 6.07) is 11.1. The quantitative estimate of drug-likeness (QED) is 0.669. The number of benzene rings is 1. The van der Waals surface area contributed by atoms with E-state index in [4.69, 9.17) is 11.6 Å². The minimum absolute atomic E-state index is 0.0691. The molecule has 0 radical (unpaired) electrons. The van der Waals surface area contributed by atoms with Crippen LogP contribution in [0.5, 0.6) is 0 Å². The Balaban J connectivity index is 1.88. The van der Waals surface area contributed by atoms with Crippen molar-refractivity contribution in [2.24, 2.45) is 0 Å². The summed E-state index contributed by atoms with van der Waals surface area (Å²) in [6.45, 7) is 4.63. The SMILES string of the molecule is C=CCN(Cc1ccccc1Cl)C(=O)c1ccc2nccn2c1. The Bertz CT molecular complexity index is 856. The summed E-state index contributed by atoms with van der Waals surface area (Å²) < 4.78 is 1.83. The maximum atomic E-state index is 12.8. The highest BCUT2D eigenvalue weighted by Gasteiger charge is 2.16. The van der Waals surface area contributed by atoms with E-state index in [0.717, 1.165) is 11.2 Å². The summed E-state index contributed by atoms with van der Waals surface area (Å²) in [6.07, 6.45) is 7.02. The molecule has 4 nitrogen and oxygen atoms in total. The van der Waals surface area contributed by atoms with Gasteiger partial charge in [-0.25, -0.2) is 4.98 Å². The van der Waals surface area contributed by atoms with Gasteiger partial charge in [-0.1, -0.05) is 35.9 Å². The molecule has 0 aliphatic heterocycles. The Labute approximate surface area is 139 Å². The van der Waals surface area contributed by atoms with Crippen molar-refractivity contribution in [3.05, 3.63) is 83.8 Å². The molecule has 5 heteroatoms. The van der Waals surface area contributed by atoms with E-state index in [0.29, 0.717) is 23.7 Å². The van der Waals surface area contributed by atoms with Gasteiger partial charge in [-0.05, 0) is 23.8 Å². The van der Waals surface area contributed by atoms with E-state index in [-0.39, 0.29) is 5.91 Å². The van der Waals surface area contributed by atoms with E-state index >= 15 is 0 Å². The molecule has 0 aliphatic carbocycles. The predicted octanol–water partition coefficient (Wildman–Crippen LogP) is 3.82. The summed E-state index contributed by atoms with van der Waals surface area (Å²) in [5, 5.41) is 0.652. The second kappa shape index (κ2) is 6.67. The fraction of sp³-hybridized carbons (Fsp3) is 0.111. The molecule has 0 bridgehead atoms. The number of nitrogens with zero attached hydrogens (tertiary/aromatic N) is 3. The smallest absolute Gasteiger partial charge is 0.255 e. The summed E-state index contributed by atoms with van der Waals surface area (Å²) in [5.74, 6) is -0.0691. The molecule has 0 saturated carbocycles. The van der Waals surface area contributed by atoms with Crippen LogP contribution >= 0.6 is 11.6 Å². The van der Waals surface area contributed by atoms with Gasteiger partial charge in [0, 0.05) is 36.7 Å². The van der Waals surface area contributed by atoms with Crippen LogP contribution in [0.3, 0.4) is 0 Å². The van der Waals surface area contributed by atoms with Crippen molar-refractivity contribution < 1.29 is 4.79 Å². The van der Waals surface area contributed by atoms with Crippen molar-refractivity contribution in [3.63, 3.8) is 0 Å². The highest BCUT2D eigenvalue weighted by Crippen LogP contribution is 2.18. The topological polar surface area (TPSA) is 37.6 Å². The van der Waals surface area contributed by atoms with Crippen LogP contribution in [0.4, 0.5) is 0 Å². The standard InChI is InChI=1S/C18H16ClN3O/c1-2-10-22(12-14-5-3-4-6-16(14)19)18(23)15-7-8-17-20-9-11-21(17)13-15/h2-9,11,13H,1,10,12H2. The van der Waals surface area contributed by atoms with Crippen LogP contribution in [0.25, 0.3) is 5.65 Å². The molecule has 0 atom stereocenters. The van der Waals surface area contributed by atoms with Crippen molar-refractivity contribution in [2.75, 3.05) is 6.54 Å². The summed E-state index contributed by atoms with van der Waals surface area (Å²) in [5.41, 5.74) is 2.32. The maximum Gasteiger partial charge on any atom is 0.255 e. The maximum absolute atomic E-state index is 12.8. The van der Waals surface area contributed by atoms with Gasteiger partial charge in [-0.15, -0.1) is 6.58 Å². The number of rotatable bonds is 5. The largest absolute Gasteiger partial charge is 0.331 e. The molecule has 1 aromatic carbocycles. The number of pyridine rings is 1. The van der Waals surface area contributed by atoms with Gasteiger partial charge in [0.15, 0.2) is 0 Å². The Morgan fingerprint density at radius 3 is 2.91 bits per heavy atom. The zero-order valence-corrected chi connectivity index (χ0v) is 13.3. The van der Waals surface area contributed by atoms with Gasteiger partial charge in [-0.2, -0.15) is 0 Å². The lowest BCUT2D eigenvalue weighted by atomic mass is 10.2. The van der Waals surface area contributed by atoms with Crippen LogP contribution in [0.2, 0.25) is 5.02 Å². The average molecular weight is 326 g/mol. The van der Waals surface area contributed by atoms with E-state index in [2.05, 4.69) is 11.6 Å². The molecular weight excluding hydrogens is 310 g/mol. The van der Waals surface area contributed by atoms with Crippen LogP contribution in [0, 0.1) is 0 Å². The predicted molar refractivity (Wildman–Crippen MR) is 91.6 cm³/mol. The van der Waals surface area contributed by atoms with Crippen LogP contribution in [0.15, 0.2) is 67.6 Å².